The molecule has 0 amide bonds. The standard InChI is InChI=1S/C31H24N4/c1-2-9-21-18-22(34-26-12-5-3-10-24(26)30-28(34)14-7-16-32-30)20-23(19-21)35-27-13-6-4-11-25(27)31-29(35)15-8-17-33-31/h3-8,10-20H,2,9H2,1H3. The molecule has 0 aliphatic carbocycles. The second kappa shape index (κ2) is 7.81. The fourth-order valence-corrected chi connectivity index (χ4v) is 5.47. The largest absolute Gasteiger partial charge is 0.308 e. The first-order valence-corrected chi connectivity index (χ1v) is 12.2. The van der Waals surface area contributed by atoms with Crippen LogP contribution < -0.4 is 0 Å². The lowest BCUT2D eigenvalue weighted by molar-refractivity contribution is 0.916. The third-order valence-electron chi connectivity index (χ3n) is 6.87. The minimum Gasteiger partial charge on any atom is -0.308 e. The van der Waals surface area contributed by atoms with Gasteiger partial charge in [-0.2, -0.15) is 0 Å². The zero-order valence-electron chi connectivity index (χ0n) is 19.5. The molecular formula is C31H24N4. The Bertz CT molecular complexity index is 1630. The number of benzene rings is 3. The molecule has 4 aromatic heterocycles. The summed E-state index contributed by atoms with van der Waals surface area (Å²) in [4.78, 5) is 9.47. The molecule has 0 saturated heterocycles. The molecule has 0 aliphatic heterocycles. The quantitative estimate of drug-likeness (QED) is 0.275. The van der Waals surface area contributed by atoms with Crippen LogP contribution in [0, 0.1) is 0 Å². The summed E-state index contributed by atoms with van der Waals surface area (Å²) >= 11 is 0. The average molecular weight is 453 g/mol. The minimum atomic E-state index is 1.02. The number of hydrogen-bond donors (Lipinski definition) is 0. The molecule has 0 bridgehead atoms. The van der Waals surface area contributed by atoms with Gasteiger partial charge < -0.3 is 9.13 Å². The van der Waals surface area contributed by atoms with Gasteiger partial charge in [-0.05, 0) is 66.6 Å². The predicted molar refractivity (Wildman–Crippen MR) is 145 cm³/mol. The van der Waals surface area contributed by atoms with E-state index in [9.17, 15) is 0 Å². The molecule has 35 heavy (non-hydrogen) atoms. The molecule has 4 nitrogen and oxygen atoms in total. The van der Waals surface area contributed by atoms with Crippen LogP contribution in [0.25, 0.3) is 55.2 Å². The van der Waals surface area contributed by atoms with Gasteiger partial charge in [-0.25, -0.2) is 0 Å². The third-order valence-corrected chi connectivity index (χ3v) is 6.87. The SMILES string of the molecule is CCCc1cc(-n2c3ccccc3c3ncccc32)cc(-n2c3ccccc3c3ncccc32)c1. The molecule has 0 fully saturated rings. The molecule has 0 spiro atoms. The Hall–Kier alpha value is -4.44. The number of aromatic nitrogens is 4. The maximum atomic E-state index is 4.73. The van der Waals surface area contributed by atoms with Gasteiger partial charge in [0, 0.05) is 34.5 Å². The molecule has 0 radical (unpaired) electrons. The van der Waals surface area contributed by atoms with Gasteiger partial charge in [0.2, 0.25) is 0 Å². The van der Waals surface area contributed by atoms with Gasteiger partial charge in [0.1, 0.15) is 0 Å². The van der Waals surface area contributed by atoms with E-state index in [1.807, 2.05) is 24.5 Å². The number of pyridine rings is 2. The minimum absolute atomic E-state index is 1.02. The van der Waals surface area contributed by atoms with Crippen LogP contribution in [0.2, 0.25) is 0 Å². The normalized spacial score (nSPS) is 11.8. The highest BCUT2D eigenvalue weighted by Gasteiger charge is 2.17. The Morgan fingerprint density at radius 2 is 1.06 bits per heavy atom. The summed E-state index contributed by atoms with van der Waals surface area (Å²) < 4.78 is 4.71. The van der Waals surface area contributed by atoms with Crippen LogP contribution in [0.1, 0.15) is 18.9 Å². The number of fused-ring (bicyclic) bond motifs is 6. The van der Waals surface area contributed by atoms with Crippen molar-refractivity contribution in [1.29, 1.82) is 0 Å². The predicted octanol–water partition coefficient (Wildman–Crippen LogP) is 7.62. The van der Waals surface area contributed by atoms with Crippen LogP contribution in [0.4, 0.5) is 0 Å². The summed E-state index contributed by atoms with van der Waals surface area (Å²) in [6, 6.07) is 32.4. The van der Waals surface area contributed by atoms with E-state index in [1.54, 1.807) is 0 Å². The van der Waals surface area contributed by atoms with Gasteiger partial charge in [-0.3, -0.25) is 9.97 Å². The van der Waals surface area contributed by atoms with Crippen molar-refractivity contribution in [3.8, 4) is 11.4 Å². The van der Waals surface area contributed by atoms with E-state index >= 15 is 0 Å². The molecule has 168 valence electrons. The summed E-state index contributed by atoms with van der Waals surface area (Å²) in [5, 5.41) is 2.35. The molecule has 0 atom stereocenters. The highest BCUT2D eigenvalue weighted by molar-refractivity contribution is 6.08. The van der Waals surface area contributed by atoms with Crippen LogP contribution in [-0.2, 0) is 6.42 Å². The van der Waals surface area contributed by atoms with E-state index in [-0.39, 0.29) is 0 Å². The van der Waals surface area contributed by atoms with E-state index in [1.165, 1.54) is 27.4 Å². The number of aryl methyl sites for hydroxylation is 1. The zero-order valence-corrected chi connectivity index (χ0v) is 19.5. The summed E-state index contributed by atoms with van der Waals surface area (Å²) in [5.74, 6) is 0. The summed E-state index contributed by atoms with van der Waals surface area (Å²) in [6.07, 6.45) is 5.87. The van der Waals surface area contributed by atoms with Crippen molar-refractivity contribution >= 4 is 43.9 Å². The van der Waals surface area contributed by atoms with E-state index in [4.69, 9.17) is 9.97 Å². The topological polar surface area (TPSA) is 35.6 Å². The van der Waals surface area contributed by atoms with Crippen LogP contribution in [0.15, 0.2) is 103 Å². The van der Waals surface area contributed by atoms with Crippen LogP contribution in [-0.4, -0.2) is 19.1 Å². The molecule has 7 rings (SSSR count). The molecule has 0 unspecified atom stereocenters. The van der Waals surface area contributed by atoms with Crippen LogP contribution >= 0.6 is 0 Å². The molecule has 0 N–H and O–H groups in total. The zero-order chi connectivity index (χ0) is 23.4. The Labute approximate surface area is 203 Å². The first kappa shape index (κ1) is 20.0. The Morgan fingerprint density at radius 1 is 0.571 bits per heavy atom. The van der Waals surface area contributed by atoms with Crippen molar-refractivity contribution in [3.63, 3.8) is 0 Å². The highest BCUT2D eigenvalue weighted by atomic mass is 15.0. The lowest BCUT2D eigenvalue weighted by Crippen LogP contribution is -2.01. The van der Waals surface area contributed by atoms with Gasteiger partial charge in [0.05, 0.1) is 33.1 Å². The van der Waals surface area contributed by atoms with Gasteiger partial charge >= 0.3 is 0 Å². The van der Waals surface area contributed by atoms with Gasteiger partial charge in [-0.15, -0.1) is 0 Å². The number of hydrogen-bond acceptors (Lipinski definition) is 2. The van der Waals surface area contributed by atoms with Crippen molar-refractivity contribution in [2.24, 2.45) is 0 Å². The molecule has 0 aliphatic rings. The fourth-order valence-electron chi connectivity index (χ4n) is 5.47. The third kappa shape index (κ3) is 3.00. The monoisotopic (exact) mass is 452 g/mol. The van der Waals surface area contributed by atoms with Crippen molar-refractivity contribution < 1.29 is 0 Å². The van der Waals surface area contributed by atoms with E-state index in [2.05, 4.69) is 94.9 Å². The van der Waals surface area contributed by atoms with Crippen LogP contribution in [0.3, 0.4) is 0 Å². The maximum Gasteiger partial charge on any atom is 0.0963 e. The second-order valence-corrected chi connectivity index (χ2v) is 9.06. The maximum absolute atomic E-state index is 4.73. The fraction of sp³-hybridized carbons (Fsp3) is 0.0968. The second-order valence-electron chi connectivity index (χ2n) is 9.06. The highest BCUT2D eigenvalue weighted by Crippen LogP contribution is 2.35. The summed E-state index contributed by atoms with van der Waals surface area (Å²) in [7, 11) is 0. The summed E-state index contributed by atoms with van der Waals surface area (Å²) in [5.41, 5.74) is 10.3. The molecule has 4 heteroatoms. The van der Waals surface area contributed by atoms with Gasteiger partial charge in [0.25, 0.3) is 0 Å². The van der Waals surface area contributed by atoms with Crippen molar-refractivity contribution in [3.05, 3.63) is 109 Å². The smallest absolute Gasteiger partial charge is 0.0963 e. The molecule has 0 saturated carbocycles. The van der Waals surface area contributed by atoms with Gasteiger partial charge in [-0.1, -0.05) is 49.7 Å². The Balaban J connectivity index is 1.59. The first-order chi connectivity index (χ1) is 17.3. The number of rotatable bonds is 4. The number of para-hydroxylation sites is 2. The lowest BCUT2D eigenvalue weighted by atomic mass is 10.1. The van der Waals surface area contributed by atoms with E-state index in [0.29, 0.717) is 0 Å². The first-order valence-electron chi connectivity index (χ1n) is 12.2. The molecular weight excluding hydrogens is 428 g/mol. The van der Waals surface area contributed by atoms with Crippen molar-refractivity contribution in [2.45, 2.75) is 19.8 Å². The number of nitrogens with zero attached hydrogens (tertiary/aromatic N) is 4. The van der Waals surface area contributed by atoms with E-state index in [0.717, 1.165) is 46.3 Å². The van der Waals surface area contributed by atoms with Crippen molar-refractivity contribution in [2.75, 3.05) is 0 Å². The van der Waals surface area contributed by atoms with E-state index < -0.39 is 0 Å². The molecule has 4 heterocycles. The van der Waals surface area contributed by atoms with Crippen LogP contribution in [0.5, 0.6) is 0 Å². The average Bonchev–Trinajstić information content (AvgIpc) is 3.42. The van der Waals surface area contributed by atoms with Crippen molar-refractivity contribution in [1.82, 2.24) is 19.1 Å². The lowest BCUT2D eigenvalue weighted by Gasteiger charge is -2.15. The summed E-state index contributed by atoms with van der Waals surface area (Å²) in [6.45, 7) is 2.24. The van der Waals surface area contributed by atoms with Gasteiger partial charge in [0.15, 0.2) is 0 Å². The molecule has 7 aromatic rings. The molecule has 3 aromatic carbocycles. The Morgan fingerprint density at radius 3 is 1.57 bits per heavy atom. The Kier molecular flexibility index (Phi) is 4.46.